The zero-order valence-electron chi connectivity index (χ0n) is 7.42. The highest BCUT2D eigenvalue weighted by Crippen LogP contribution is 2.32. The molecule has 2 rings (SSSR count). The van der Waals surface area contributed by atoms with Gasteiger partial charge in [0.05, 0.1) is 5.69 Å². The molecule has 0 unspecified atom stereocenters. The zero-order valence-corrected chi connectivity index (χ0v) is 7.42. The molecule has 70 valence electrons. The van der Waals surface area contributed by atoms with Crippen molar-refractivity contribution in [3.63, 3.8) is 0 Å². The van der Waals surface area contributed by atoms with E-state index in [0.29, 0.717) is 5.92 Å². The largest absolute Gasteiger partial charge is 0.369 e. The highest BCUT2D eigenvalue weighted by Gasteiger charge is 2.18. The molecule has 3 N–H and O–H groups in total. The summed E-state index contributed by atoms with van der Waals surface area (Å²) in [6.07, 6.45) is 4.74. The van der Waals surface area contributed by atoms with Gasteiger partial charge >= 0.3 is 0 Å². The van der Waals surface area contributed by atoms with Crippen LogP contribution < -0.4 is 11.3 Å². The second-order valence-electron chi connectivity index (χ2n) is 3.54. The fourth-order valence-corrected chi connectivity index (χ4v) is 1.93. The number of nitrogen functional groups attached to an aromatic ring is 1. The monoisotopic (exact) mass is 179 g/mol. The molecule has 13 heavy (non-hydrogen) atoms. The second-order valence-corrected chi connectivity index (χ2v) is 3.54. The molecule has 1 heterocycles. The highest BCUT2D eigenvalue weighted by atomic mass is 16.1. The first-order valence-electron chi connectivity index (χ1n) is 4.62. The average molecular weight is 179 g/mol. The summed E-state index contributed by atoms with van der Waals surface area (Å²) in [5, 5.41) is 0. The van der Waals surface area contributed by atoms with E-state index in [-0.39, 0.29) is 11.5 Å². The van der Waals surface area contributed by atoms with Crippen LogP contribution in [0.4, 0.5) is 5.95 Å². The van der Waals surface area contributed by atoms with Crippen LogP contribution in [0.15, 0.2) is 10.9 Å². The van der Waals surface area contributed by atoms with Crippen molar-refractivity contribution in [1.82, 2.24) is 9.97 Å². The van der Waals surface area contributed by atoms with Crippen molar-refractivity contribution in [2.45, 2.75) is 31.6 Å². The van der Waals surface area contributed by atoms with Crippen LogP contribution in [0.25, 0.3) is 0 Å². The predicted octanol–water partition coefficient (Wildman–Crippen LogP) is 1.01. The molecule has 4 nitrogen and oxygen atoms in total. The molecule has 0 aromatic carbocycles. The fraction of sp³-hybridized carbons (Fsp3) is 0.556. The standard InChI is InChI=1S/C9H13N3O/c10-9-11-7(5-8(13)12-9)6-3-1-2-4-6/h5-6H,1-4H2,(H3,10,11,12,13). The molecule has 4 heteroatoms. The Kier molecular flexibility index (Phi) is 2.04. The van der Waals surface area contributed by atoms with Crippen molar-refractivity contribution in [3.8, 4) is 0 Å². The maximum absolute atomic E-state index is 11.1. The smallest absolute Gasteiger partial charge is 0.252 e. The van der Waals surface area contributed by atoms with Crippen LogP contribution in [0.1, 0.15) is 37.3 Å². The molecular formula is C9H13N3O. The quantitative estimate of drug-likeness (QED) is 0.675. The third-order valence-electron chi connectivity index (χ3n) is 2.55. The molecule has 0 atom stereocenters. The number of anilines is 1. The summed E-state index contributed by atoms with van der Waals surface area (Å²) >= 11 is 0. The van der Waals surface area contributed by atoms with E-state index in [2.05, 4.69) is 9.97 Å². The van der Waals surface area contributed by atoms with Crippen molar-refractivity contribution in [2.75, 3.05) is 5.73 Å². The van der Waals surface area contributed by atoms with Gasteiger partial charge < -0.3 is 5.73 Å². The van der Waals surface area contributed by atoms with E-state index >= 15 is 0 Å². The van der Waals surface area contributed by atoms with Crippen molar-refractivity contribution >= 4 is 5.95 Å². The molecule has 1 saturated carbocycles. The molecule has 1 fully saturated rings. The normalized spacial score (nSPS) is 17.8. The number of H-pyrrole nitrogens is 1. The summed E-state index contributed by atoms with van der Waals surface area (Å²) in [5.74, 6) is 0.680. The minimum absolute atomic E-state index is 0.144. The van der Waals surface area contributed by atoms with Crippen LogP contribution in [-0.4, -0.2) is 9.97 Å². The van der Waals surface area contributed by atoms with Gasteiger partial charge in [-0.05, 0) is 12.8 Å². The van der Waals surface area contributed by atoms with Crippen molar-refractivity contribution in [3.05, 3.63) is 22.1 Å². The molecule has 0 spiro atoms. The molecule has 0 radical (unpaired) electrons. The van der Waals surface area contributed by atoms with E-state index in [1.807, 2.05) is 0 Å². The molecule has 0 bridgehead atoms. The number of nitrogens with two attached hydrogens (primary N) is 1. The van der Waals surface area contributed by atoms with E-state index in [9.17, 15) is 4.79 Å². The maximum Gasteiger partial charge on any atom is 0.252 e. The van der Waals surface area contributed by atoms with Gasteiger partial charge in [-0.2, -0.15) is 0 Å². The average Bonchev–Trinajstić information content (AvgIpc) is 2.53. The lowest BCUT2D eigenvalue weighted by Crippen LogP contribution is -2.13. The van der Waals surface area contributed by atoms with Crippen molar-refractivity contribution < 1.29 is 0 Å². The van der Waals surface area contributed by atoms with Gasteiger partial charge in [0, 0.05) is 12.0 Å². The molecular weight excluding hydrogens is 166 g/mol. The van der Waals surface area contributed by atoms with Gasteiger partial charge in [0.1, 0.15) is 0 Å². The minimum Gasteiger partial charge on any atom is -0.369 e. The summed E-state index contributed by atoms with van der Waals surface area (Å²) in [5.41, 5.74) is 6.18. The van der Waals surface area contributed by atoms with Crippen LogP contribution in [0.5, 0.6) is 0 Å². The van der Waals surface area contributed by atoms with Gasteiger partial charge in [0.15, 0.2) is 0 Å². The lowest BCUT2D eigenvalue weighted by atomic mass is 10.0. The molecule has 1 aliphatic rings. The van der Waals surface area contributed by atoms with Gasteiger partial charge in [-0.1, -0.05) is 12.8 Å². The Bertz CT molecular complexity index is 352. The minimum atomic E-state index is -0.144. The van der Waals surface area contributed by atoms with Crippen LogP contribution >= 0.6 is 0 Å². The Balaban J connectivity index is 2.33. The van der Waals surface area contributed by atoms with Gasteiger partial charge in [0.25, 0.3) is 5.56 Å². The first kappa shape index (κ1) is 8.29. The Labute approximate surface area is 76.2 Å². The lowest BCUT2D eigenvalue weighted by molar-refractivity contribution is 0.694. The van der Waals surface area contributed by atoms with E-state index in [0.717, 1.165) is 18.5 Å². The summed E-state index contributed by atoms with van der Waals surface area (Å²) in [7, 11) is 0. The molecule has 0 amide bonds. The summed E-state index contributed by atoms with van der Waals surface area (Å²) in [6, 6.07) is 1.56. The Morgan fingerprint density at radius 2 is 2.15 bits per heavy atom. The van der Waals surface area contributed by atoms with E-state index in [4.69, 9.17) is 5.73 Å². The predicted molar refractivity (Wildman–Crippen MR) is 50.5 cm³/mol. The number of hydrogen-bond acceptors (Lipinski definition) is 3. The Hall–Kier alpha value is -1.32. The topological polar surface area (TPSA) is 71.8 Å². The molecule has 0 saturated heterocycles. The first-order valence-corrected chi connectivity index (χ1v) is 4.62. The number of aromatic amines is 1. The number of nitrogens with one attached hydrogen (secondary N) is 1. The summed E-state index contributed by atoms with van der Waals surface area (Å²) < 4.78 is 0. The van der Waals surface area contributed by atoms with Gasteiger partial charge in [-0.25, -0.2) is 4.98 Å². The number of hydrogen-bond donors (Lipinski definition) is 2. The van der Waals surface area contributed by atoms with Crippen LogP contribution in [0.2, 0.25) is 0 Å². The van der Waals surface area contributed by atoms with E-state index < -0.39 is 0 Å². The van der Waals surface area contributed by atoms with E-state index in [1.165, 1.54) is 12.8 Å². The first-order chi connectivity index (χ1) is 6.25. The number of nitrogens with zero attached hydrogens (tertiary/aromatic N) is 1. The van der Waals surface area contributed by atoms with Gasteiger partial charge in [-0.15, -0.1) is 0 Å². The fourth-order valence-electron chi connectivity index (χ4n) is 1.93. The summed E-state index contributed by atoms with van der Waals surface area (Å²) in [6.45, 7) is 0. The molecule has 0 aliphatic heterocycles. The zero-order chi connectivity index (χ0) is 9.26. The SMILES string of the molecule is Nc1nc(C2CCCC2)cc(=O)[nH]1. The third kappa shape index (κ3) is 1.71. The maximum atomic E-state index is 11.1. The van der Waals surface area contributed by atoms with Crippen LogP contribution in [0.3, 0.4) is 0 Å². The number of rotatable bonds is 1. The summed E-state index contributed by atoms with van der Waals surface area (Å²) in [4.78, 5) is 17.7. The van der Waals surface area contributed by atoms with Crippen molar-refractivity contribution in [2.24, 2.45) is 0 Å². The van der Waals surface area contributed by atoms with E-state index in [1.54, 1.807) is 6.07 Å². The lowest BCUT2D eigenvalue weighted by Gasteiger charge is -2.07. The van der Waals surface area contributed by atoms with Crippen molar-refractivity contribution in [1.29, 1.82) is 0 Å². The van der Waals surface area contributed by atoms with Gasteiger partial charge in [0.2, 0.25) is 5.95 Å². The van der Waals surface area contributed by atoms with Crippen LogP contribution in [0, 0.1) is 0 Å². The van der Waals surface area contributed by atoms with Crippen LogP contribution in [-0.2, 0) is 0 Å². The Morgan fingerprint density at radius 3 is 2.77 bits per heavy atom. The highest BCUT2D eigenvalue weighted by molar-refractivity contribution is 5.20. The Morgan fingerprint density at radius 1 is 1.46 bits per heavy atom. The molecule has 1 aromatic heterocycles. The second kappa shape index (κ2) is 3.20. The molecule has 1 aromatic rings. The third-order valence-corrected chi connectivity index (χ3v) is 2.55. The molecule has 1 aliphatic carbocycles. The number of aromatic nitrogens is 2. The van der Waals surface area contributed by atoms with Gasteiger partial charge in [-0.3, -0.25) is 9.78 Å².